The number of benzene rings is 1. The van der Waals surface area contributed by atoms with Crippen LogP contribution < -0.4 is 5.32 Å². The number of hydrogen-bond donors (Lipinski definition) is 1. The third-order valence-electron chi connectivity index (χ3n) is 2.18. The smallest absolute Gasteiger partial charge is 0.0431 e. The molecule has 2 heteroatoms. The van der Waals surface area contributed by atoms with Crippen LogP contribution >= 0.6 is 22.6 Å². The fourth-order valence-corrected chi connectivity index (χ4v) is 2.05. The Bertz CT molecular complexity index is 362. The zero-order valence-corrected chi connectivity index (χ0v) is 11.3. The van der Waals surface area contributed by atoms with E-state index in [0.717, 1.165) is 13.0 Å². The Balaban J connectivity index is 2.81. The average Bonchev–Trinajstić information content (AvgIpc) is 2.24. The standard InChI is InChI=1S/C13H16IN/c1-3-5-9-13(15-4-2)11-7-6-8-12(14)10-11/h6-8,10,13,15H,4,9H2,1-2H3. The molecular formula is C13H16IN. The number of hydrogen-bond acceptors (Lipinski definition) is 1. The lowest BCUT2D eigenvalue weighted by Gasteiger charge is -2.15. The van der Waals surface area contributed by atoms with Crippen molar-refractivity contribution in [3.8, 4) is 11.8 Å². The van der Waals surface area contributed by atoms with Crippen LogP contribution in [0.15, 0.2) is 24.3 Å². The summed E-state index contributed by atoms with van der Waals surface area (Å²) in [5, 5.41) is 3.46. The van der Waals surface area contributed by atoms with Crippen molar-refractivity contribution in [3.63, 3.8) is 0 Å². The molecule has 1 rings (SSSR count). The molecule has 15 heavy (non-hydrogen) atoms. The molecule has 1 aromatic carbocycles. The molecule has 0 heterocycles. The van der Waals surface area contributed by atoms with E-state index >= 15 is 0 Å². The van der Waals surface area contributed by atoms with Gasteiger partial charge in [-0.25, -0.2) is 0 Å². The van der Waals surface area contributed by atoms with Gasteiger partial charge in [0.05, 0.1) is 0 Å². The molecule has 0 fully saturated rings. The van der Waals surface area contributed by atoms with Crippen molar-refractivity contribution < 1.29 is 0 Å². The first-order chi connectivity index (χ1) is 7.27. The maximum atomic E-state index is 3.46. The number of halogens is 1. The van der Waals surface area contributed by atoms with Crippen molar-refractivity contribution in [3.05, 3.63) is 33.4 Å². The van der Waals surface area contributed by atoms with E-state index in [2.05, 4.69) is 70.9 Å². The summed E-state index contributed by atoms with van der Waals surface area (Å²) in [5.74, 6) is 6.09. The molecule has 0 amide bonds. The van der Waals surface area contributed by atoms with E-state index < -0.39 is 0 Å². The van der Waals surface area contributed by atoms with Crippen LogP contribution in [-0.4, -0.2) is 6.54 Å². The molecule has 0 radical (unpaired) electrons. The van der Waals surface area contributed by atoms with Gasteiger partial charge in [-0.2, -0.15) is 0 Å². The molecule has 0 bridgehead atoms. The average molecular weight is 313 g/mol. The number of nitrogens with one attached hydrogen (secondary N) is 1. The molecule has 1 aromatic rings. The highest BCUT2D eigenvalue weighted by Gasteiger charge is 2.08. The lowest BCUT2D eigenvalue weighted by Crippen LogP contribution is -2.20. The molecule has 1 unspecified atom stereocenters. The third-order valence-corrected chi connectivity index (χ3v) is 2.86. The van der Waals surface area contributed by atoms with Gasteiger partial charge < -0.3 is 5.32 Å². The van der Waals surface area contributed by atoms with E-state index in [1.54, 1.807) is 0 Å². The summed E-state index contributed by atoms with van der Waals surface area (Å²) >= 11 is 2.34. The second kappa shape index (κ2) is 6.86. The van der Waals surface area contributed by atoms with Gasteiger partial charge in [-0.1, -0.05) is 19.1 Å². The van der Waals surface area contributed by atoms with Crippen LogP contribution in [0.4, 0.5) is 0 Å². The Hall–Kier alpha value is -0.530. The summed E-state index contributed by atoms with van der Waals surface area (Å²) in [6.07, 6.45) is 0.879. The predicted octanol–water partition coefficient (Wildman–Crippen LogP) is 3.36. The topological polar surface area (TPSA) is 12.0 Å². The van der Waals surface area contributed by atoms with Gasteiger partial charge in [0, 0.05) is 16.0 Å². The van der Waals surface area contributed by atoms with Crippen molar-refractivity contribution in [2.75, 3.05) is 6.54 Å². The molecule has 0 aliphatic carbocycles. The van der Waals surface area contributed by atoms with Crippen molar-refractivity contribution in [2.24, 2.45) is 0 Å². The minimum Gasteiger partial charge on any atom is -0.309 e. The molecule has 0 spiro atoms. The first-order valence-electron chi connectivity index (χ1n) is 5.16. The van der Waals surface area contributed by atoms with Gasteiger partial charge in [-0.05, 0) is 53.8 Å². The molecule has 0 saturated carbocycles. The van der Waals surface area contributed by atoms with Crippen LogP contribution in [0.2, 0.25) is 0 Å². The van der Waals surface area contributed by atoms with E-state index in [-0.39, 0.29) is 0 Å². The van der Waals surface area contributed by atoms with Gasteiger partial charge >= 0.3 is 0 Å². The van der Waals surface area contributed by atoms with E-state index in [1.807, 2.05) is 6.92 Å². The second-order valence-corrected chi connectivity index (χ2v) is 4.54. The van der Waals surface area contributed by atoms with E-state index in [9.17, 15) is 0 Å². The third kappa shape index (κ3) is 4.23. The summed E-state index contributed by atoms with van der Waals surface area (Å²) in [4.78, 5) is 0. The Morgan fingerprint density at radius 1 is 1.47 bits per heavy atom. The highest BCUT2D eigenvalue weighted by molar-refractivity contribution is 14.1. The van der Waals surface area contributed by atoms with Crippen molar-refractivity contribution in [1.29, 1.82) is 0 Å². The maximum Gasteiger partial charge on any atom is 0.0431 e. The van der Waals surface area contributed by atoms with E-state index in [1.165, 1.54) is 9.13 Å². The Morgan fingerprint density at radius 3 is 2.87 bits per heavy atom. The lowest BCUT2D eigenvalue weighted by atomic mass is 10.0. The summed E-state index contributed by atoms with van der Waals surface area (Å²) < 4.78 is 1.28. The van der Waals surface area contributed by atoms with Crippen molar-refractivity contribution in [1.82, 2.24) is 5.32 Å². The largest absolute Gasteiger partial charge is 0.309 e. The zero-order valence-electron chi connectivity index (χ0n) is 9.18. The van der Waals surface area contributed by atoms with Gasteiger partial charge in [0.2, 0.25) is 0 Å². The van der Waals surface area contributed by atoms with Gasteiger partial charge in [-0.3, -0.25) is 0 Å². The van der Waals surface area contributed by atoms with Crippen LogP contribution in [0.1, 0.15) is 31.9 Å². The fourth-order valence-electron chi connectivity index (χ4n) is 1.48. The molecule has 0 aromatic heterocycles. The van der Waals surface area contributed by atoms with Crippen molar-refractivity contribution in [2.45, 2.75) is 26.3 Å². The molecular weight excluding hydrogens is 297 g/mol. The fraction of sp³-hybridized carbons (Fsp3) is 0.385. The minimum atomic E-state index is 0.358. The highest BCUT2D eigenvalue weighted by Crippen LogP contribution is 2.18. The molecule has 0 aliphatic rings. The molecule has 0 saturated heterocycles. The molecule has 0 aliphatic heterocycles. The molecule has 80 valence electrons. The Labute approximate surface area is 106 Å². The Kier molecular flexibility index (Phi) is 5.74. The van der Waals surface area contributed by atoms with Gasteiger partial charge in [0.15, 0.2) is 0 Å². The quantitative estimate of drug-likeness (QED) is 0.664. The highest BCUT2D eigenvalue weighted by atomic mass is 127. The first kappa shape index (κ1) is 12.5. The minimum absolute atomic E-state index is 0.358. The number of rotatable bonds is 4. The predicted molar refractivity (Wildman–Crippen MR) is 73.6 cm³/mol. The summed E-state index contributed by atoms with van der Waals surface area (Å²) in [5.41, 5.74) is 1.33. The van der Waals surface area contributed by atoms with Crippen LogP contribution in [0, 0.1) is 15.4 Å². The van der Waals surface area contributed by atoms with Gasteiger partial charge in [-0.15, -0.1) is 11.8 Å². The normalized spacial score (nSPS) is 11.7. The van der Waals surface area contributed by atoms with Crippen molar-refractivity contribution >= 4 is 22.6 Å². The lowest BCUT2D eigenvalue weighted by molar-refractivity contribution is 0.565. The van der Waals surface area contributed by atoms with Crippen LogP contribution in [0.25, 0.3) is 0 Å². The second-order valence-electron chi connectivity index (χ2n) is 3.30. The van der Waals surface area contributed by atoms with Gasteiger partial charge in [0.1, 0.15) is 0 Å². The SMILES string of the molecule is CC#CCC(NCC)c1cccc(I)c1. The van der Waals surface area contributed by atoms with Crippen LogP contribution in [0.5, 0.6) is 0 Å². The molecule has 1 N–H and O–H groups in total. The van der Waals surface area contributed by atoms with Crippen LogP contribution in [0.3, 0.4) is 0 Å². The first-order valence-corrected chi connectivity index (χ1v) is 6.24. The van der Waals surface area contributed by atoms with E-state index in [0.29, 0.717) is 6.04 Å². The Morgan fingerprint density at radius 2 is 2.27 bits per heavy atom. The summed E-state index contributed by atoms with van der Waals surface area (Å²) in [7, 11) is 0. The molecule has 1 nitrogen and oxygen atoms in total. The summed E-state index contributed by atoms with van der Waals surface area (Å²) in [6, 6.07) is 8.94. The van der Waals surface area contributed by atoms with Crippen LogP contribution in [-0.2, 0) is 0 Å². The maximum absolute atomic E-state index is 3.46. The summed E-state index contributed by atoms with van der Waals surface area (Å²) in [6.45, 7) is 4.99. The molecule has 1 atom stereocenters. The monoisotopic (exact) mass is 313 g/mol. The zero-order chi connectivity index (χ0) is 11.1. The van der Waals surface area contributed by atoms with Gasteiger partial charge in [0.25, 0.3) is 0 Å². The van der Waals surface area contributed by atoms with E-state index in [4.69, 9.17) is 0 Å².